The molecule has 0 radical (unpaired) electrons. The average Bonchev–Trinajstić information content (AvgIpc) is 2.19. The standard InChI is InChI=1S/C12H17BrN2/c1-2-12(5-3-6-12)9-15-11-4-7-14-8-10(11)13/h4,7-8H,2-3,5-6,9H2,1H3,(H,14,15). The number of aromatic nitrogens is 1. The molecule has 1 aliphatic rings. The van der Waals surface area contributed by atoms with Gasteiger partial charge in [-0.15, -0.1) is 0 Å². The van der Waals surface area contributed by atoms with E-state index < -0.39 is 0 Å². The molecule has 82 valence electrons. The Balaban J connectivity index is 1.95. The molecule has 0 saturated heterocycles. The van der Waals surface area contributed by atoms with Crippen LogP contribution in [0, 0.1) is 5.41 Å². The largest absolute Gasteiger partial charge is 0.383 e. The molecule has 1 aliphatic carbocycles. The van der Waals surface area contributed by atoms with E-state index in [1.165, 1.54) is 25.7 Å². The van der Waals surface area contributed by atoms with Crippen molar-refractivity contribution in [3.8, 4) is 0 Å². The summed E-state index contributed by atoms with van der Waals surface area (Å²) in [7, 11) is 0. The highest BCUT2D eigenvalue weighted by atomic mass is 79.9. The van der Waals surface area contributed by atoms with Crippen molar-refractivity contribution in [2.45, 2.75) is 32.6 Å². The molecule has 0 aromatic carbocycles. The van der Waals surface area contributed by atoms with Crippen molar-refractivity contribution in [3.63, 3.8) is 0 Å². The van der Waals surface area contributed by atoms with Crippen molar-refractivity contribution in [2.75, 3.05) is 11.9 Å². The van der Waals surface area contributed by atoms with Crippen molar-refractivity contribution in [3.05, 3.63) is 22.9 Å². The van der Waals surface area contributed by atoms with E-state index in [4.69, 9.17) is 0 Å². The van der Waals surface area contributed by atoms with E-state index in [2.05, 4.69) is 33.2 Å². The SMILES string of the molecule is CCC1(CNc2ccncc2Br)CCC1. The predicted octanol–water partition coefficient (Wildman–Crippen LogP) is 3.84. The van der Waals surface area contributed by atoms with Crippen molar-refractivity contribution in [1.29, 1.82) is 0 Å². The Kier molecular flexibility index (Phi) is 3.29. The zero-order valence-corrected chi connectivity index (χ0v) is 10.7. The first-order valence-electron chi connectivity index (χ1n) is 5.59. The van der Waals surface area contributed by atoms with Gasteiger partial charge in [-0.25, -0.2) is 0 Å². The fraction of sp³-hybridized carbons (Fsp3) is 0.583. The average molecular weight is 269 g/mol. The summed E-state index contributed by atoms with van der Waals surface area (Å²) in [4.78, 5) is 4.06. The second-order valence-electron chi connectivity index (χ2n) is 4.42. The Labute approximate surface area is 99.6 Å². The summed E-state index contributed by atoms with van der Waals surface area (Å²) in [5.74, 6) is 0. The number of pyridine rings is 1. The van der Waals surface area contributed by atoms with Crippen LogP contribution in [0.15, 0.2) is 22.9 Å². The van der Waals surface area contributed by atoms with Crippen LogP contribution in [0.2, 0.25) is 0 Å². The molecule has 1 aromatic rings. The van der Waals surface area contributed by atoms with Crippen LogP contribution < -0.4 is 5.32 Å². The molecule has 3 heteroatoms. The molecule has 1 N–H and O–H groups in total. The van der Waals surface area contributed by atoms with Gasteiger partial charge in [0.1, 0.15) is 0 Å². The molecular weight excluding hydrogens is 252 g/mol. The number of nitrogens with one attached hydrogen (secondary N) is 1. The van der Waals surface area contributed by atoms with Crippen LogP contribution in [-0.4, -0.2) is 11.5 Å². The highest BCUT2D eigenvalue weighted by Crippen LogP contribution is 2.43. The molecule has 0 amide bonds. The third-order valence-electron chi connectivity index (χ3n) is 3.59. The van der Waals surface area contributed by atoms with Crippen LogP contribution in [-0.2, 0) is 0 Å². The Morgan fingerprint density at radius 1 is 1.53 bits per heavy atom. The van der Waals surface area contributed by atoms with Gasteiger partial charge in [-0.3, -0.25) is 4.98 Å². The van der Waals surface area contributed by atoms with Crippen LogP contribution in [0.3, 0.4) is 0 Å². The Morgan fingerprint density at radius 3 is 2.87 bits per heavy atom. The number of hydrogen-bond donors (Lipinski definition) is 1. The summed E-state index contributed by atoms with van der Waals surface area (Å²) in [5, 5.41) is 3.52. The lowest BCUT2D eigenvalue weighted by Crippen LogP contribution is -2.35. The Hall–Kier alpha value is -0.570. The minimum atomic E-state index is 0.558. The van der Waals surface area contributed by atoms with E-state index in [9.17, 15) is 0 Å². The Morgan fingerprint density at radius 2 is 2.33 bits per heavy atom. The molecule has 0 unspecified atom stereocenters. The number of hydrogen-bond acceptors (Lipinski definition) is 2. The molecule has 1 saturated carbocycles. The predicted molar refractivity (Wildman–Crippen MR) is 67.0 cm³/mol. The molecule has 0 atom stereocenters. The van der Waals surface area contributed by atoms with E-state index >= 15 is 0 Å². The molecule has 0 bridgehead atoms. The Bertz CT molecular complexity index is 329. The highest BCUT2D eigenvalue weighted by Gasteiger charge is 2.34. The summed E-state index contributed by atoms with van der Waals surface area (Å²) >= 11 is 3.50. The summed E-state index contributed by atoms with van der Waals surface area (Å²) in [5.41, 5.74) is 1.72. The number of halogens is 1. The lowest BCUT2D eigenvalue weighted by atomic mass is 9.67. The normalized spacial score (nSPS) is 18.3. The minimum absolute atomic E-state index is 0.558. The molecule has 1 aromatic heterocycles. The topological polar surface area (TPSA) is 24.9 Å². The monoisotopic (exact) mass is 268 g/mol. The van der Waals surface area contributed by atoms with Gasteiger partial charge in [0.2, 0.25) is 0 Å². The van der Waals surface area contributed by atoms with Gasteiger partial charge in [0, 0.05) is 18.9 Å². The van der Waals surface area contributed by atoms with Gasteiger partial charge in [0.15, 0.2) is 0 Å². The summed E-state index contributed by atoms with van der Waals surface area (Å²) < 4.78 is 1.05. The molecule has 0 aliphatic heterocycles. The van der Waals surface area contributed by atoms with Crippen molar-refractivity contribution >= 4 is 21.6 Å². The van der Waals surface area contributed by atoms with E-state index in [0.717, 1.165) is 16.7 Å². The van der Waals surface area contributed by atoms with Crippen molar-refractivity contribution in [2.24, 2.45) is 5.41 Å². The van der Waals surface area contributed by atoms with Gasteiger partial charge in [-0.05, 0) is 46.7 Å². The van der Waals surface area contributed by atoms with E-state index in [-0.39, 0.29) is 0 Å². The maximum Gasteiger partial charge on any atom is 0.0590 e. The quantitative estimate of drug-likeness (QED) is 0.898. The van der Waals surface area contributed by atoms with E-state index in [1.807, 2.05) is 18.5 Å². The summed E-state index contributed by atoms with van der Waals surface area (Å²) in [6.45, 7) is 3.38. The van der Waals surface area contributed by atoms with Gasteiger partial charge in [-0.1, -0.05) is 13.3 Å². The molecular formula is C12H17BrN2. The zero-order chi connectivity index (χ0) is 10.7. The highest BCUT2D eigenvalue weighted by molar-refractivity contribution is 9.10. The van der Waals surface area contributed by atoms with E-state index in [0.29, 0.717) is 5.41 Å². The van der Waals surface area contributed by atoms with Crippen molar-refractivity contribution in [1.82, 2.24) is 4.98 Å². The molecule has 2 rings (SSSR count). The minimum Gasteiger partial charge on any atom is -0.383 e. The van der Waals surface area contributed by atoms with Gasteiger partial charge in [0.05, 0.1) is 10.2 Å². The molecule has 1 heterocycles. The fourth-order valence-electron chi connectivity index (χ4n) is 2.13. The maximum atomic E-state index is 4.06. The molecule has 2 nitrogen and oxygen atoms in total. The second-order valence-corrected chi connectivity index (χ2v) is 5.27. The third-order valence-corrected chi connectivity index (χ3v) is 4.22. The van der Waals surface area contributed by atoms with Crippen molar-refractivity contribution < 1.29 is 0 Å². The van der Waals surface area contributed by atoms with Gasteiger partial charge in [0.25, 0.3) is 0 Å². The second kappa shape index (κ2) is 4.52. The molecule has 1 fully saturated rings. The van der Waals surface area contributed by atoms with Gasteiger partial charge in [-0.2, -0.15) is 0 Å². The summed E-state index contributed by atoms with van der Waals surface area (Å²) in [6, 6.07) is 2.02. The van der Waals surface area contributed by atoms with Gasteiger partial charge >= 0.3 is 0 Å². The number of anilines is 1. The first-order valence-corrected chi connectivity index (χ1v) is 6.38. The molecule has 15 heavy (non-hydrogen) atoms. The fourth-order valence-corrected chi connectivity index (χ4v) is 2.52. The van der Waals surface area contributed by atoms with Crippen LogP contribution in [0.1, 0.15) is 32.6 Å². The zero-order valence-electron chi connectivity index (χ0n) is 9.09. The first kappa shape index (κ1) is 10.9. The van der Waals surface area contributed by atoms with Crippen LogP contribution in [0.25, 0.3) is 0 Å². The van der Waals surface area contributed by atoms with Gasteiger partial charge < -0.3 is 5.32 Å². The van der Waals surface area contributed by atoms with Crippen LogP contribution in [0.4, 0.5) is 5.69 Å². The lowest BCUT2D eigenvalue weighted by molar-refractivity contribution is 0.145. The summed E-state index contributed by atoms with van der Waals surface area (Å²) in [6.07, 6.45) is 9.09. The van der Waals surface area contributed by atoms with E-state index in [1.54, 1.807) is 0 Å². The number of rotatable bonds is 4. The van der Waals surface area contributed by atoms with Crippen LogP contribution in [0.5, 0.6) is 0 Å². The maximum absolute atomic E-state index is 4.06. The molecule has 0 spiro atoms. The number of nitrogens with zero attached hydrogens (tertiary/aromatic N) is 1. The van der Waals surface area contributed by atoms with Crippen LogP contribution >= 0.6 is 15.9 Å². The third kappa shape index (κ3) is 2.33. The lowest BCUT2D eigenvalue weighted by Gasteiger charge is -2.41. The first-order chi connectivity index (χ1) is 7.26. The smallest absolute Gasteiger partial charge is 0.0590 e.